The summed E-state index contributed by atoms with van der Waals surface area (Å²) in [4.78, 5) is 27.9. The van der Waals surface area contributed by atoms with Gasteiger partial charge in [-0.1, -0.05) is 0 Å². The predicted octanol–water partition coefficient (Wildman–Crippen LogP) is 4.45. The summed E-state index contributed by atoms with van der Waals surface area (Å²) in [6.45, 7) is 7.30. The Morgan fingerprint density at radius 3 is 2.63 bits per heavy atom. The van der Waals surface area contributed by atoms with E-state index in [-0.39, 0.29) is 5.56 Å². The maximum Gasteiger partial charge on any atom is 0.286 e. The van der Waals surface area contributed by atoms with Crippen molar-refractivity contribution >= 4 is 17.4 Å². The largest absolute Gasteiger partial charge is 0.478 e. The van der Waals surface area contributed by atoms with Crippen LogP contribution in [0.4, 0.5) is 20.3 Å². The molecule has 1 fully saturated rings. The van der Waals surface area contributed by atoms with Gasteiger partial charge in [0.2, 0.25) is 5.88 Å². The lowest BCUT2D eigenvalue weighted by Crippen LogP contribution is -2.37. The summed E-state index contributed by atoms with van der Waals surface area (Å²) >= 11 is 0. The Balaban J connectivity index is 1.74. The van der Waals surface area contributed by atoms with Crippen molar-refractivity contribution in [3.05, 3.63) is 59.7 Å². The highest BCUT2D eigenvalue weighted by Gasteiger charge is 2.27. The van der Waals surface area contributed by atoms with Crippen molar-refractivity contribution < 1.29 is 23.0 Å². The van der Waals surface area contributed by atoms with Crippen LogP contribution in [-0.4, -0.2) is 53.8 Å². The lowest BCUT2D eigenvalue weighted by Gasteiger charge is -2.30. The third kappa shape index (κ3) is 5.71. The average molecular weight is 484 g/mol. The number of carbonyl (C=O) groups is 1. The number of carbonyl (C=O) groups excluding carboxylic acids is 1. The Kier molecular flexibility index (Phi) is 7.20. The van der Waals surface area contributed by atoms with Gasteiger partial charge in [0.25, 0.3) is 11.8 Å². The number of rotatable bonds is 7. The zero-order chi connectivity index (χ0) is 25.0. The summed E-state index contributed by atoms with van der Waals surface area (Å²) in [6, 6.07) is 7.99. The van der Waals surface area contributed by atoms with Gasteiger partial charge >= 0.3 is 0 Å². The highest BCUT2D eigenvalue weighted by Crippen LogP contribution is 2.34. The van der Waals surface area contributed by atoms with Crippen LogP contribution >= 0.6 is 0 Å². The molecule has 4 heterocycles. The van der Waals surface area contributed by atoms with E-state index >= 15 is 0 Å². The molecule has 3 aromatic heterocycles. The number of anilines is 2. The van der Waals surface area contributed by atoms with E-state index in [2.05, 4.69) is 15.3 Å². The molecule has 1 amide bonds. The number of aromatic nitrogens is 3. The van der Waals surface area contributed by atoms with Gasteiger partial charge in [-0.25, -0.2) is 9.97 Å². The molecule has 184 valence electrons. The summed E-state index contributed by atoms with van der Waals surface area (Å²) in [7, 11) is 0. The Labute approximate surface area is 202 Å². The third-order valence-corrected chi connectivity index (χ3v) is 5.56. The second-order valence-corrected chi connectivity index (χ2v) is 8.18. The van der Waals surface area contributed by atoms with Crippen molar-refractivity contribution in [1.82, 2.24) is 15.0 Å². The molecule has 3 aromatic rings. The fourth-order valence-corrected chi connectivity index (χ4v) is 3.80. The molecule has 0 atom stereocenters. The van der Waals surface area contributed by atoms with Gasteiger partial charge in [0.15, 0.2) is 5.82 Å². The summed E-state index contributed by atoms with van der Waals surface area (Å²) in [5.74, 6) is -2.61. The number of ether oxygens (including phenoxy) is 2. The summed E-state index contributed by atoms with van der Waals surface area (Å²) in [5.41, 5.74) is 2.45. The highest BCUT2D eigenvalue weighted by atomic mass is 19.3. The molecule has 0 spiro atoms. The Morgan fingerprint density at radius 1 is 1.17 bits per heavy atom. The van der Waals surface area contributed by atoms with Gasteiger partial charge in [0.05, 0.1) is 25.5 Å². The number of hydrogen-bond donors (Lipinski definition) is 1. The fourth-order valence-electron chi connectivity index (χ4n) is 3.80. The van der Waals surface area contributed by atoms with Crippen LogP contribution in [0.25, 0.3) is 11.1 Å². The van der Waals surface area contributed by atoms with E-state index in [9.17, 15) is 13.6 Å². The van der Waals surface area contributed by atoms with Crippen molar-refractivity contribution in [2.45, 2.75) is 26.7 Å². The minimum Gasteiger partial charge on any atom is -0.478 e. The molecule has 0 bridgehead atoms. The van der Waals surface area contributed by atoms with E-state index in [1.165, 1.54) is 12.3 Å². The molecule has 35 heavy (non-hydrogen) atoms. The standard InChI is InChI=1S/C25H27F2N5O3/c1-4-35-22-14-17(5-8-29-22)19-15-20(23(30-16(19)2)32-9-11-34-12-10-32)31-24(33)18-6-7-28-21(13-18)25(3,26)27/h5-8,13-15H,4,9-12H2,1-3H3,(H,31,33). The van der Waals surface area contributed by atoms with Crippen molar-refractivity contribution in [1.29, 1.82) is 0 Å². The van der Waals surface area contributed by atoms with Gasteiger partial charge in [0.1, 0.15) is 5.69 Å². The smallest absolute Gasteiger partial charge is 0.286 e. The number of nitrogens with one attached hydrogen (secondary N) is 1. The number of hydrogen-bond acceptors (Lipinski definition) is 7. The molecule has 10 heteroatoms. The Hall–Kier alpha value is -3.66. The van der Waals surface area contributed by atoms with Crippen LogP contribution in [0.3, 0.4) is 0 Å². The lowest BCUT2D eigenvalue weighted by atomic mass is 10.0. The molecule has 0 aliphatic carbocycles. The Morgan fingerprint density at radius 2 is 1.91 bits per heavy atom. The molecule has 1 aliphatic heterocycles. The fraction of sp³-hybridized carbons (Fsp3) is 0.360. The highest BCUT2D eigenvalue weighted by molar-refractivity contribution is 6.06. The van der Waals surface area contributed by atoms with Crippen LogP contribution in [0.15, 0.2) is 42.7 Å². The minimum atomic E-state index is -3.16. The zero-order valence-corrected chi connectivity index (χ0v) is 19.8. The molecule has 0 radical (unpaired) electrons. The molecule has 1 N–H and O–H groups in total. The van der Waals surface area contributed by atoms with Gasteiger partial charge in [-0.15, -0.1) is 0 Å². The second-order valence-electron chi connectivity index (χ2n) is 8.18. The lowest BCUT2D eigenvalue weighted by molar-refractivity contribution is 0.0127. The first-order valence-corrected chi connectivity index (χ1v) is 11.4. The number of morpholine rings is 1. The predicted molar refractivity (Wildman–Crippen MR) is 128 cm³/mol. The van der Waals surface area contributed by atoms with Crippen LogP contribution < -0.4 is 15.0 Å². The van der Waals surface area contributed by atoms with Gasteiger partial charge in [0, 0.05) is 55.3 Å². The monoisotopic (exact) mass is 483 g/mol. The van der Waals surface area contributed by atoms with Crippen molar-refractivity contribution in [3.63, 3.8) is 0 Å². The summed E-state index contributed by atoms with van der Waals surface area (Å²) in [6.07, 6.45) is 2.85. The van der Waals surface area contributed by atoms with Gasteiger partial charge in [-0.3, -0.25) is 9.78 Å². The molecule has 0 saturated carbocycles. The maximum absolute atomic E-state index is 13.8. The number of amides is 1. The van der Waals surface area contributed by atoms with E-state index in [4.69, 9.17) is 14.5 Å². The van der Waals surface area contributed by atoms with E-state index in [1.54, 1.807) is 6.20 Å². The van der Waals surface area contributed by atoms with E-state index in [1.807, 2.05) is 36.9 Å². The summed E-state index contributed by atoms with van der Waals surface area (Å²) in [5, 5.41) is 2.88. The average Bonchev–Trinajstić information content (AvgIpc) is 2.85. The first-order chi connectivity index (χ1) is 16.8. The molecule has 1 saturated heterocycles. The Bertz CT molecular complexity index is 1210. The van der Waals surface area contributed by atoms with Gasteiger partial charge in [-0.2, -0.15) is 8.78 Å². The number of nitrogens with zero attached hydrogens (tertiary/aromatic N) is 4. The molecule has 1 aliphatic rings. The van der Waals surface area contributed by atoms with Crippen LogP contribution in [0.1, 0.15) is 35.6 Å². The number of aryl methyl sites for hydroxylation is 1. The first-order valence-electron chi connectivity index (χ1n) is 11.4. The van der Waals surface area contributed by atoms with E-state index in [0.29, 0.717) is 50.3 Å². The topological polar surface area (TPSA) is 89.5 Å². The molecular formula is C25H27F2N5O3. The van der Waals surface area contributed by atoms with Gasteiger partial charge in [-0.05, 0) is 43.7 Å². The van der Waals surface area contributed by atoms with Crippen LogP contribution in [-0.2, 0) is 10.7 Å². The molecular weight excluding hydrogens is 456 g/mol. The van der Waals surface area contributed by atoms with E-state index in [0.717, 1.165) is 29.8 Å². The van der Waals surface area contributed by atoms with Gasteiger partial charge < -0.3 is 19.7 Å². The van der Waals surface area contributed by atoms with Crippen LogP contribution in [0.2, 0.25) is 0 Å². The second kappa shape index (κ2) is 10.3. The van der Waals surface area contributed by atoms with Crippen molar-refractivity contribution in [2.75, 3.05) is 43.1 Å². The summed E-state index contributed by atoms with van der Waals surface area (Å²) < 4.78 is 38.5. The molecule has 0 aromatic carbocycles. The number of pyridine rings is 3. The first kappa shape index (κ1) is 24.5. The minimum absolute atomic E-state index is 0.0779. The van der Waals surface area contributed by atoms with Crippen molar-refractivity contribution in [2.24, 2.45) is 0 Å². The number of alkyl halides is 2. The van der Waals surface area contributed by atoms with Crippen LogP contribution in [0.5, 0.6) is 5.88 Å². The quantitative estimate of drug-likeness (QED) is 0.531. The maximum atomic E-state index is 13.8. The van der Waals surface area contributed by atoms with Crippen LogP contribution in [0, 0.1) is 6.92 Å². The SMILES string of the molecule is CCOc1cc(-c2cc(NC(=O)c3ccnc(C(C)(F)F)c3)c(N3CCOCC3)nc2C)ccn1. The molecule has 8 nitrogen and oxygen atoms in total. The normalized spacial score (nSPS) is 14.0. The van der Waals surface area contributed by atoms with E-state index < -0.39 is 17.5 Å². The molecule has 4 rings (SSSR count). The van der Waals surface area contributed by atoms with Crippen molar-refractivity contribution in [3.8, 4) is 17.0 Å². The third-order valence-electron chi connectivity index (χ3n) is 5.56. The number of halogens is 2. The molecule has 0 unspecified atom stereocenters. The zero-order valence-electron chi connectivity index (χ0n) is 19.8.